The Bertz CT molecular complexity index is 960. The van der Waals surface area contributed by atoms with Crippen LogP contribution < -0.4 is 15.0 Å². The van der Waals surface area contributed by atoms with Crippen molar-refractivity contribution in [3.63, 3.8) is 0 Å². The number of para-hydroxylation sites is 1. The van der Waals surface area contributed by atoms with Crippen LogP contribution in [0.2, 0.25) is 0 Å². The van der Waals surface area contributed by atoms with Crippen molar-refractivity contribution in [2.75, 3.05) is 26.0 Å². The minimum absolute atomic E-state index is 0.0722. The maximum absolute atomic E-state index is 13.9. The van der Waals surface area contributed by atoms with E-state index in [1.165, 1.54) is 18.7 Å². The summed E-state index contributed by atoms with van der Waals surface area (Å²) in [5.74, 6) is -0.242. The summed E-state index contributed by atoms with van der Waals surface area (Å²) < 4.78 is 18.8. The molecule has 0 aliphatic rings. The summed E-state index contributed by atoms with van der Waals surface area (Å²) in [7, 11) is 3.35. The molecule has 0 aromatic heterocycles. The molecule has 2 N–H and O–H groups in total. The van der Waals surface area contributed by atoms with Gasteiger partial charge in [0.15, 0.2) is 18.1 Å². The average Bonchev–Trinajstić information content (AvgIpc) is 2.70. The van der Waals surface area contributed by atoms with Crippen LogP contribution in [0.3, 0.4) is 0 Å². The zero-order valence-corrected chi connectivity index (χ0v) is 16.7. The normalized spacial score (nSPS) is 11.7. The zero-order valence-electron chi connectivity index (χ0n) is 16.7. The topological polar surface area (TPSA) is 42.8 Å². The first kappa shape index (κ1) is 20.6. The second-order valence-corrected chi connectivity index (χ2v) is 7.15. The van der Waals surface area contributed by atoms with Crippen molar-refractivity contribution in [1.82, 2.24) is 0 Å². The molecule has 0 spiro atoms. The first-order chi connectivity index (χ1) is 14.0. The monoisotopic (exact) mass is 393 g/mol. The van der Waals surface area contributed by atoms with Crippen molar-refractivity contribution < 1.29 is 18.8 Å². The molecule has 1 unspecified atom stereocenters. The number of carbonyl (C=O) groups is 1. The molecule has 0 fully saturated rings. The summed E-state index contributed by atoms with van der Waals surface area (Å²) in [6, 6.07) is 22.9. The van der Waals surface area contributed by atoms with E-state index in [2.05, 4.69) is 17.4 Å². The highest BCUT2D eigenvalue weighted by Gasteiger charge is 2.14. The minimum Gasteiger partial charge on any atom is -0.494 e. The van der Waals surface area contributed by atoms with Gasteiger partial charge in [-0.25, -0.2) is 4.39 Å². The van der Waals surface area contributed by atoms with Gasteiger partial charge in [0.25, 0.3) is 5.91 Å². The maximum Gasteiger partial charge on any atom is 0.279 e. The number of methoxy groups -OCH3 is 1. The molecule has 0 saturated carbocycles. The first-order valence-electron chi connectivity index (χ1n) is 9.60. The number of anilines is 1. The molecule has 0 radical (unpaired) electrons. The van der Waals surface area contributed by atoms with Gasteiger partial charge in [-0.3, -0.25) is 4.79 Å². The fourth-order valence-corrected chi connectivity index (χ4v) is 3.31. The summed E-state index contributed by atoms with van der Waals surface area (Å²) in [5.41, 5.74) is 3.91. The van der Waals surface area contributed by atoms with Gasteiger partial charge in [0.1, 0.15) is 6.54 Å². The molecule has 3 aromatic carbocycles. The van der Waals surface area contributed by atoms with Crippen LogP contribution in [0.5, 0.6) is 5.75 Å². The standard InChI is InChI=1S/C24H25FN2O2/c1-27(16-19-12-13-23(29-2)21(25)15-19)17-24(28)26-22-11-7-6-10-20(22)14-18-8-4-3-5-9-18/h3-13,15H,14,16-17H2,1-2H3,(H,26,28)/p+1. The zero-order chi connectivity index (χ0) is 20.6. The predicted molar refractivity (Wildman–Crippen MR) is 113 cm³/mol. The molecule has 150 valence electrons. The Morgan fingerprint density at radius 1 is 1.00 bits per heavy atom. The van der Waals surface area contributed by atoms with Gasteiger partial charge in [0.2, 0.25) is 0 Å². The minimum atomic E-state index is -0.392. The van der Waals surface area contributed by atoms with Gasteiger partial charge >= 0.3 is 0 Å². The molecule has 5 heteroatoms. The number of hydrogen-bond donors (Lipinski definition) is 2. The van der Waals surface area contributed by atoms with E-state index in [-0.39, 0.29) is 18.2 Å². The molecular weight excluding hydrogens is 367 g/mol. The first-order valence-corrected chi connectivity index (χ1v) is 9.60. The van der Waals surface area contributed by atoms with E-state index < -0.39 is 5.82 Å². The average molecular weight is 393 g/mol. The smallest absolute Gasteiger partial charge is 0.279 e. The van der Waals surface area contributed by atoms with E-state index in [1.807, 2.05) is 55.6 Å². The molecule has 0 bridgehead atoms. The molecule has 4 nitrogen and oxygen atoms in total. The highest BCUT2D eigenvalue weighted by Crippen LogP contribution is 2.19. The van der Waals surface area contributed by atoms with Crippen molar-refractivity contribution in [2.45, 2.75) is 13.0 Å². The van der Waals surface area contributed by atoms with Crippen LogP contribution in [0.4, 0.5) is 10.1 Å². The van der Waals surface area contributed by atoms with Gasteiger partial charge in [-0.15, -0.1) is 0 Å². The lowest BCUT2D eigenvalue weighted by Gasteiger charge is -2.16. The van der Waals surface area contributed by atoms with E-state index >= 15 is 0 Å². The fraction of sp³-hybridized carbons (Fsp3) is 0.208. The summed E-state index contributed by atoms with van der Waals surface area (Å²) in [6.07, 6.45) is 0.755. The van der Waals surface area contributed by atoms with Crippen molar-refractivity contribution in [3.05, 3.63) is 95.3 Å². The third-order valence-corrected chi connectivity index (χ3v) is 4.71. The van der Waals surface area contributed by atoms with Crippen LogP contribution in [0.1, 0.15) is 16.7 Å². The summed E-state index contributed by atoms with van der Waals surface area (Å²) in [6.45, 7) is 0.827. The van der Waals surface area contributed by atoms with Crippen LogP contribution >= 0.6 is 0 Å². The Kier molecular flexibility index (Phi) is 6.98. The molecule has 3 aromatic rings. The Labute approximate surface area is 170 Å². The van der Waals surface area contributed by atoms with E-state index in [9.17, 15) is 9.18 Å². The lowest BCUT2D eigenvalue weighted by Crippen LogP contribution is -3.08. The molecule has 29 heavy (non-hydrogen) atoms. The molecule has 0 saturated heterocycles. The molecule has 0 heterocycles. The van der Waals surface area contributed by atoms with Gasteiger partial charge in [-0.2, -0.15) is 0 Å². The lowest BCUT2D eigenvalue weighted by atomic mass is 10.0. The summed E-state index contributed by atoms with van der Waals surface area (Å²) in [4.78, 5) is 13.5. The number of benzene rings is 3. The predicted octanol–water partition coefficient (Wildman–Crippen LogP) is 3.08. The Hall–Kier alpha value is -3.18. The SMILES string of the molecule is COc1ccc(C[NH+](C)CC(=O)Nc2ccccc2Cc2ccccc2)cc1F. The molecular formula is C24H26FN2O2+. The molecule has 1 atom stereocenters. The maximum atomic E-state index is 13.9. The third-order valence-electron chi connectivity index (χ3n) is 4.71. The largest absolute Gasteiger partial charge is 0.494 e. The second kappa shape index (κ2) is 9.85. The van der Waals surface area contributed by atoms with E-state index in [4.69, 9.17) is 4.74 Å². The van der Waals surface area contributed by atoms with Gasteiger partial charge < -0.3 is 15.0 Å². The van der Waals surface area contributed by atoms with Crippen molar-refractivity contribution in [1.29, 1.82) is 0 Å². The van der Waals surface area contributed by atoms with Crippen LogP contribution in [0.15, 0.2) is 72.8 Å². The number of nitrogens with one attached hydrogen (secondary N) is 2. The molecule has 0 aliphatic carbocycles. The van der Waals surface area contributed by atoms with Crippen LogP contribution in [0.25, 0.3) is 0 Å². The van der Waals surface area contributed by atoms with Gasteiger partial charge in [0.05, 0.1) is 14.2 Å². The number of ether oxygens (including phenoxy) is 1. The highest BCUT2D eigenvalue weighted by atomic mass is 19.1. The van der Waals surface area contributed by atoms with Gasteiger partial charge in [-0.05, 0) is 41.8 Å². The van der Waals surface area contributed by atoms with Crippen molar-refractivity contribution in [3.8, 4) is 5.75 Å². The van der Waals surface area contributed by atoms with E-state index in [0.29, 0.717) is 6.54 Å². The summed E-state index contributed by atoms with van der Waals surface area (Å²) in [5, 5.41) is 3.02. The second-order valence-electron chi connectivity index (χ2n) is 7.15. The number of likely N-dealkylation sites (N-methyl/N-ethyl adjacent to an activating group) is 1. The van der Waals surface area contributed by atoms with E-state index in [0.717, 1.165) is 28.1 Å². The number of carbonyl (C=O) groups excluding carboxylic acids is 1. The third kappa shape index (κ3) is 5.90. The quantitative estimate of drug-likeness (QED) is 0.618. The van der Waals surface area contributed by atoms with Crippen molar-refractivity contribution >= 4 is 11.6 Å². The number of rotatable bonds is 8. The van der Waals surface area contributed by atoms with Crippen LogP contribution in [0, 0.1) is 5.82 Å². The number of halogens is 1. The molecule has 3 rings (SSSR count). The van der Waals surface area contributed by atoms with Crippen LogP contribution in [-0.2, 0) is 17.8 Å². The fourth-order valence-electron chi connectivity index (χ4n) is 3.31. The Morgan fingerprint density at radius 2 is 1.72 bits per heavy atom. The molecule has 0 aliphatic heterocycles. The lowest BCUT2D eigenvalue weighted by molar-refractivity contribution is -0.885. The highest BCUT2D eigenvalue weighted by molar-refractivity contribution is 5.92. The van der Waals surface area contributed by atoms with Crippen molar-refractivity contribution in [2.24, 2.45) is 0 Å². The van der Waals surface area contributed by atoms with Gasteiger partial charge in [0, 0.05) is 11.3 Å². The Balaban J connectivity index is 1.60. The van der Waals surface area contributed by atoms with E-state index in [1.54, 1.807) is 6.07 Å². The van der Waals surface area contributed by atoms with Crippen LogP contribution in [-0.4, -0.2) is 26.6 Å². The van der Waals surface area contributed by atoms with Gasteiger partial charge in [-0.1, -0.05) is 48.5 Å². The summed E-state index contributed by atoms with van der Waals surface area (Å²) >= 11 is 0. The number of amides is 1. The number of quaternary nitrogens is 1. The number of hydrogen-bond acceptors (Lipinski definition) is 2. The Morgan fingerprint density at radius 3 is 2.45 bits per heavy atom. The molecule has 1 amide bonds.